The fraction of sp³-hybridized carbons (Fsp3) is 0.269. The van der Waals surface area contributed by atoms with E-state index in [0.717, 1.165) is 12.8 Å². The molecule has 1 aliphatic rings. The van der Waals surface area contributed by atoms with Crippen LogP contribution in [0.25, 0.3) is 0 Å². The van der Waals surface area contributed by atoms with Crippen LogP contribution in [0.1, 0.15) is 34.1 Å². The number of hydrogen-bond acceptors (Lipinski definition) is 5. The van der Waals surface area contributed by atoms with Crippen LogP contribution in [-0.2, 0) is 14.3 Å². The molecule has 7 nitrogen and oxygen atoms in total. The maximum Gasteiger partial charge on any atom is 0.261 e. The van der Waals surface area contributed by atoms with Crippen molar-refractivity contribution in [3.05, 3.63) is 88.4 Å². The molecule has 3 aromatic rings. The average molecular weight is 496 g/mol. The highest BCUT2D eigenvalue weighted by Gasteiger charge is 2.33. The van der Waals surface area contributed by atoms with Crippen molar-refractivity contribution in [3.8, 4) is 0 Å². The molecule has 0 saturated carbocycles. The molecule has 2 N–H and O–H groups in total. The summed E-state index contributed by atoms with van der Waals surface area (Å²) >= 11 is 1.25. The Kier molecular flexibility index (Phi) is 8.23. The number of benzene rings is 2. The molecular weight excluding hydrogens is 469 g/mol. The molecule has 2 heterocycles. The molecule has 182 valence electrons. The third-order valence-electron chi connectivity index (χ3n) is 5.65. The van der Waals surface area contributed by atoms with Gasteiger partial charge in [0.15, 0.2) is 0 Å². The number of nitrogens with zero attached hydrogens (tertiary/aromatic N) is 1. The van der Waals surface area contributed by atoms with Crippen molar-refractivity contribution in [1.82, 2.24) is 10.6 Å². The monoisotopic (exact) mass is 495 g/mol. The third kappa shape index (κ3) is 6.32. The quantitative estimate of drug-likeness (QED) is 0.474. The first kappa shape index (κ1) is 24.6. The second kappa shape index (κ2) is 11.7. The number of halogens is 1. The lowest BCUT2D eigenvalue weighted by Gasteiger charge is -2.32. The zero-order chi connectivity index (χ0) is 24.6. The summed E-state index contributed by atoms with van der Waals surface area (Å²) in [7, 11) is 0. The molecule has 1 fully saturated rings. The number of ether oxygens (including phenoxy) is 1. The first-order chi connectivity index (χ1) is 17.0. The smallest absolute Gasteiger partial charge is 0.261 e. The van der Waals surface area contributed by atoms with Gasteiger partial charge < -0.3 is 15.4 Å². The Balaban J connectivity index is 1.63. The van der Waals surface area contributed by atoms with E-state index in [2.05, 4.69) is 10.6 Å². The van der Waals surface area contributed by atoms with Gasteiger partial charge in [-0.2, -0.15) is 0 Å². The van der Waals surface area contributed by atoms with Crippen molar-refractivity contribution in [2.75, 3.05) is 24.6 Å². The predicted molar refractivity (Wildman–Crippen MR) is 132 cm³/mol. The summed E-state index contributed by atoms with van der Waals surface area (Å²) in [5.41, 5.74) is 0.765. The van der Waals surface area contributed by atoms with E-state index in [0.29, 0.717) is 23.6 Å². The van der Waals surface area contributed by atoms with E-state index in [4.69, 9.17) is 4.74 Å². The van der Waals surface area contributed by atoms with Gasteiger partial charge in [0.05, 0.1) is 17.5 Å². The molecule has 1 saturated heterocycles. The van der Waals surface area contributed by atoms with E-state index in [-0.39, 0.29) is 18.3 Å². The molecular formula is C26H26FN3O4S. The first-order valence-electron chi connectivity index (χ1n) is 11.4. The molecule has 0 aliphatic carbocycles. The average Bonchev–Trinajstić information content (AvgIpc) is 3.59. The molecule has 0 spiro atoms. The van der Waals surface area contributed by atoms with Gasteiger partial charge in [0, 0.05) is 18.8 Å². The van der Waals surface area contributed by atoms with Gasteiger partial charge in [0.2, 0.25) is 11.8 Å². The summed E-state index contributed by atoms with van der Waals surface area (Å²) in [4.78, 5) is 41.1. The Bertz CT molecular complexity index is 1150. The van der Waals surface area contributed by atoms with Crippen LogP contribution in [-0.4, -0.2) is 43.5 Å². The van der Waals surface area contributed by atoms with Crippen LogP contribution in [0.15, 0.2) is 72.1 Å². The number of carbonyl (C=O) groups is 3. The normalized spacial score (nSPS) is 15.9. The first-order valence-corrected chi connectivity index (χ1v) is 12.2. The Hall–Kier alpha value is -3.56. The Labute approximate surface area is 206 Å². The van der Waals surface area contributed by atoms with Crippen LogP contribution in [0.3, 0.4) is 0 Å². The summed E-state index contributed by atoms with van der Waals surface area (Å²) in [6.45, 7) is 0.596. The van der Waals surface area contributed by atoms with E-state index in [9.17, 15) is 18.8 Å². The summed E-state index contributed by atoms with van der Waals surface area (Å²) in [5.74, 6) is -1.92. The van der Waals surface area contributed by atoms with Gasteiger partial charge in [-0.1, -0.05) is 42.5 Å². The Morgan fingerprint density at radius 3 is 2.57 bits per heavy atom. The summed E-state index contributed by atoms with van der Waals surface area (Å²) in [5, 5.41) is 7.26. The Morgan fingerprint density at radius 1 is 1.06 bits per heavy atom. The highest BCUT2D eigenvalue weighted by molar-refractivity contribution is 7.12. The van der Waals surface area contributed by atoms with Crippen LogP contribution in [0.4, 0.5) is 10.1 Å². The summed E-state index contributed by atoms with van der Waals surface area (Å²) < 4.78 is 19.8. The minimum atomic E-state index is -1.08. The second-order valence-corrected chi connectivity index (χ2v) is 9.04. The Morgan fingerprint density at radius 2 is 1.89 bits per heavy atom. The zero-order valence-electron chi connectivity index (χ0n) is 19.0. The van der Waals surface area contributed by atoms with Crippen molar-refractivity contribution in [3.63, 3.8) is 0 Å². The molecule has 0 unspecified atom stereocenters. The van der Waals surface area contributed by atoms with Crippen LogP contribution < -0.4 is 15.5 Å². The number of nitrogens with one attached hydrogen (secondary N) is 2. The van der Waals surface area contributed by atoms with Gasteiger partial charge in [-0.15, -0.1) is 11.3 Å². The highest BCUT2D eigenvalue weighted by atomic mass is 32.1. The van der Waals surface area contributed by atoms with Gasteiger partial charge in [-0.3, -0.25) is 19.3 Å². The van der Waals surface area contributed by atoms with Crippen molar-refractivity contribution in [1.29, 1.82) is 0 Å². The fourth-order valence-electron chi connectivity index (χ4n) is 3.97. The molecule has 35 heavy (non-hydrogen) atoms. The van der Waals surface area contributed by atoms with Crippen molar-refractivity contribution in [2.45, 2.75) is 25.0 Å². The number of carbonyl (C=O) groups excluding carboxylic acids is 3. The van der Waals surface area contributed by atoms with Crippen molar-refractivity contribution >= 4 is 34.7 Å². The van der Waals surface area contributed by atoms with Gasteiger partial charge in [0.1, 0.15) is 11.9 Å². The van der Waals surface area contributed by atoms with E-state index >= 15 is 0 Å². The minimum absolute atomic E-state index is 0.0845. The molecule has 0 bridgehead atoms. The van der Waals surface area contributed by atoms with E-state index in [1.165, 1.54) is 34.4 Å². The predicted octanol–water partition coefficient (Wildman–Crippen LogP) is 3.69. The highest BCUT2D eigenvalue weighted by Crippen LogP contribution is 2.29. The van der Waals surface area contributed by atoms with Gasteiger partial charge in [0.25, 0.3) is 5.91 Å². The third-order valence-corrected chi connectivity index (χ3v) is 6.52. The van der Waals surface area contributed by atoms with Gasteiger partial charge in [-0.05, 0) is 48.1 Å². The van der Waals surface area contributed by atoms with Crippen LogP contribution in [0.2, 0.25) is 0 Å². The fourth-order valence-corrected chi connectivity index (χ4v) is 4.61. The molecule has 0 radical (unpaired) electrons. The van der Waals surface area contributed by atoms with Gasteiger partial charge >= 0.3 is 0 Å². The second-order valence-electron chi connectivity index (χ2n) is 8.10. The lowest BCUT2D eigenvalue weighted by Crippen LogP contribution is -2.48. The summed E-state index contributed by atoms with van der Waals surface area (Å²) in [6.07, 6.45) is 1.69. The number of amides is 3. The van der Waals surface area contributed by atoms with Crippen LogP contribution >= 0.6 is 11.3 Å². The van der Waals surface area contributed by atoms with Crippen molar-refractivity contribution < 1.29 is 23.5 Å². The number of hydrogen-bond donors (Lipinski definition) is 2. The number of anilines is 1. The molecule has 1 aliphatic heterocycles. The topological polar surface area (TPSA) is 87.7 Å². The van der Waals surface area contributed by atoms with Crippen molar-refractivity contribution in [2.24, 2.45) is 0 Å². The largest absolute Gasteiger partial charge is 0.376 e. The lowest BCUT2D eigenvalue weighted by molar-refractivity contribution is -0.126. The molecule has 2 atom stereocenters. The minimum Gasteiger partial charge on any atom is -0.376 e. The van der Waals surface area contributed by atoms with Crippen LogP contribution in [0.5, 0.6) is 0 Å². The van der Waals surface area contributed by atoms with E-state index < -0.39 is 29.6 Å². The maximum absolute atomic E-state index is 14.2. The lowest BCUT2D eigenvalue weighted by atomic mass is 10.0. The maximum atomic E-state index is 14.2. The number of rotatable bonds is 9. The van der Waals surface area contributed by atoms with Gasteiger partial charge in [-0.25, -0.2) is 4.39 Å². The SMILES string of the molecule is O=C(NCC(=O)N(c1cccc(F)c1)[C@@H](C(=O)NC[C@H]1CCCO1)c1ccccc1)c1cccs1. The molecule has 2 aromatic carbocycles. The molecule has 9 heteroatoms. The zero-order valence-corrected chi connectivity index (χ0v) is 19.8. The number of thiophene rings is 1. The van der Waals surface area contributed by atoms with E-state index in [1.807, 2.05) is 0 Å². The molecule has 1 aromatic heterocycles. The van der Waals surface area contributed by atoms with E-state index in [1.54, 1.807) is 53.9 Å². The molecule has 3 amide bonds. The van der Waals surface area contributed by atoms with Crippen LogP contribution in [0, 0.1) is 5.82 Å². The molecule has 4 rings (SSSR count). The summed E-state index contributed by atoms with van der Waals surface area (Å²) in [6, 6.07) is 16.6. The standard InChI is InChI=1S/C26H26FN3O4S/c27-19-9-4-10-20(15-19)30(23(31)17-29-25(32)22-12-6-14-35-22)24(18-7-2-1-3-8-18)26(33)28-16-21-11-5-13-34-21/h1-4,6-10,12,14-15,21,24H,5,11,13,16-17H2,(H,28,33)(H,29,32)/t21-,24-/m1/s1.